The number of hydrogen-bond acceptors (Lipinski definition) is 3. The number of anilines is 1. The average molecular weight is 249 g/mol. The van der Waals surface area contributed by atoms with Crippen LogP contribution in [0.3, 0.4) is 0 Å². The molecule has 0 atom stereocenters. The summed E-state index contributed by atoms with van der Waals surface area (Å²) in [5.74, 6) is 0.646. The van der Waals surface area contributed by atoms with Crippen molar-refractivity contribution >= 4 is 16.5 Å². The van der Waals surface area contributed by atoms with E-state index in [4.69, 9.17) is 5.73 Å². The zero-order valence-corrected chi connectivity index (χ0v) is 11.6. The Balaban J connectivity index is 2.43. The average Bonchev–Trinajstić information content (AvgIpc) is 2.76. The van der Waals surface area contributed by atoms with E-state index in [1.54, 1.807) is 0 Å². The minimum Gasteiger partial charge on any atom is -0.375 e. The SMILES string of the molecule is Cc1cc(-c2csc(N)n2)c(C)n1CC(C)C. The molecule has 0 aromatic carbocycles. The van der Waals surface area contributed by atoms with Gasteiger partial charge in [-0.15, -0.1) is 11.3 Å². The van der Waals surface area contributed by atoms with Crippen molar-refractivity contribution < 1.29 is 0 Å². The fraction of sp³-hybridized carbons (Fsp3) is 0.462. The zero-order valence-electron chi connectivity index (χ0n) is 10.8. The van der Waals surface area contributed by atoms with Crippen molar-refractivity contribution in [3.05, 3.63) is 22.8 Å². The number of aromatic nitrogens is 2. The predicted molar refractivity (Wildman–Crippen MR) is 74.3 cm³/mol. The van der Waals surface area contributed by atoms with Gasteiger partial charge < -0.3 is 10.3 Å². The van der Waals surface area contributed by atoms with Gasteiger partial charge in [-0.05, 0) is 25.8 Å². The Morgan fingerprint density at radius 1 is 1.41 bits per heavy atom. The second kappa shape index (κ2) is 4.53. The van der Waals surface area contributed by atoms with E-state index < -0.39 is 0 Å². The molecule has 0 spiro atoms. The molecule has 2 N–H and O–H groups in total. The molecule has 0 aliphatic rings. The molecule has 4 heteroatoms. The minimum atomic E-state index is 0.633. The Labute approximate surface area is 106 Å². The fourth-order valence-corrected chi connectivity index (χ4v) is 2.68. The molecule has 0 amide bonds. The first kappa shape index (κ1) is 12.2. The molecule has 2 aromatic rings. The normalized spacial score (nSPS) is 11.4. The van der Waals surface area contributed by atoms with Gasteiger partial charge in [0.2, 0.25) is 0 Å². The van der Waals surface area contributed by atoms with Gasteiger partial charge >= 0.3 is 0 Å². The summed E-state index contributed by atoms with van der Waals surface area (Å²) in [6, 6.07) is 2.20. The summed E-state index contributed by atoms with van der Waals surface area (Å²) >= 11 is 1.49. The monoisotopic (exact) mass is 249 g/mol. The second-order valence-corrected chi connectivity index (χ2v) is 5.75. The Morgan fingerprint density at radius 2 is 2.12 bits per heavy atom. The van der Waals surface area contributed by atoms with E-state index >= 15 is 0 Å². The van der Waals surface area contributed by atoms with Crippen molar-refractivity contribution in [2.45, 2.75) is 34.2 Å². The summed E-state index contributed by atoms with van der Waals surface area (Å²) in [5, 5.41) is 2.66. The Kier molecular flexibility index (Phi) is 3.24. The van der Waals surface area contributed by atoms with E-state index in [-0.39, 0.29) is 0 Å². The van der Waals surface area contributed by atoms with Crippen molar-refractivity contribution in [3.63, 3.8) is 0 Å². The molecular weight excluding hydrogens is 230 g/mol. The van der Waals surface area contributed by atoms with Gasteiger partial charge in [0.25, 0.3) is 0 Å². The lowest BCUT2D eigenvalue weighted by Crippen LogP contribution is -2.07. The topological polar surface area (TPSA) is 43.8 Å². The summed E-state index contributed by atoms with van der Waals surface area (Å²) in [4.78, 5) is 4.36. The van der Waals surface area contributed by atoms with Crippen molar-refractivity contribution in [1.29, 1.82) is 0 Å². The van der Waals surface area contributed by atoms with E-state index in [1.807, 2.05) is 5.38 Å². The fourth-order valence-electron chi connectivity index (χ4n) is 2.12. The van der Waals surface area contributed by atoms with Gasteiger partial charge in [-0.3, -0.25) is 0 Å². The van der Waals surface area contributed by atoms with Crippen LogP contribution < -0.4 is 5.73 Å². The predicted octanol–water partition coefficient (Wildman–Crippen LogP) is 3.47. The van der Waals surface area contributed by atoms with E-state index in [2.05, 4.69) is 43.3 Å². The summed E-state index contributed by atoms with van der Waals surface area (Å²) in [5.41, 5.74) is 10.5. The molecule has 2 heterocycles. The van der Waals surface area contributed by atoms with Crippen molar-refractivity contribution in [1.82, 2.24) is 9.55 Å². The lowest BCUT2D eigenvalue weighted by Gasteiger charge is -2.12. The number of nitrogens with zero attached hydrogens (tertiary/aromatic N) is 2. The second-order valence-electron chi connectivity index (χ2n) is 4.86. The Morgan fingerprint density at radius 3 is 2.65 bits per heavy atom. The number of nitrogen functional groups attached to an aromatic ring is 1. The Bertz CT molecular complexity index is 523. The first-order valence-corrected chi connectivity index (χ1v) is 6.75. The van der Waals surface area contributed by atoms with E-state index in [0.717, 1.165) is 12.2 Å². The van der Waals surface area contributed by atoms with Crippen LogP contribution in [0, 0.1) is 19.8 Å². The third kappa shape index (κ3) is 2.36. The van der Waals surface area contributed by atoms with Crippen LogP contribution in [-0.2, 0) is 6.54 Å². The van der Waals surface area contributed by atoms with Crippen LogP contribution in [0.1, 0.15) is 25.2 Å². The van der Waals surface area contributed by atoms with Crippen molar-refractivity contribution in [2.75, 3.05) is 5.73 Å². The van der Waals surface area contributed by atoms with E-state index in [1.165, 1.54) is 28.3 Å². The third-order valence-corrected chi connectivity index (χ3v) is 3.59. The van der Waals surface area contributed by atoms with Gasteiger partial charge in [0.1, 0.15) is 0 Å². The molecule has 17 heavy (non-hydrogen) atoms. The maximum absolute atomic E-state index is 5.69. The van der Waals surface area contributed by atoms with Gasteiger partial charge in [-0.25, -0.2) is 4.98 Å². The van der Waals surface area contributed by atoms with Gasteiger partial charge in [0.05, 0.1) is 5.69 Å². The summed E-state index contributed by atoms with van der Waals surface area (Å²) in [6.07, 6.45) is 0. The molecule has 2 rings (SSSR count). The molecule has 0 aliphatic heterocycles. The van der Waals surface area contributed by atoms with E-state index in [9.17, 15) is 0 Å². The lowest BCUT2D eigenvalue weighted by atomic mass is 10.2. The van der Waals surface area contributed by atoms with Gasteiger partial charge in [0, 0.05) is 28.9 Å². The molecule has 0 fully saturated rings. The molecule has 0 bridgehead atoms. The molecule has 0 aliphatic carbocycles. The van der Waals surface area contributed by atoms with Crippen LogP contribution in [-0.4, -0.2) is 9.55 Å². The summed E-state index contributed by atoms with van der Waals surface area (Å²) in [7, 11) is 0. The lowest BCUT2D eigenvalue weighted by molar-refractivity contribution is 0.509. The van der Waals surface area contributed by atoms with Crippen molar-refractivity contribution in [3.8, 4) is 11.3 Å². The van der Waals surface area contributed by atoms with Crippen molar-refractivity contribution in [2.24, 2.45) is 5.92 Å². The quantitative estimate of drug-likeness (QED) is 0.905. The Hall–Kier alpha value is -1.29. The highest BCUT2D eigenvalue weighted by Crippen LogP contribution is 2.29. The standard InChI is InChI=1S/C13H19N3S/c1-8(2)6-16-9(3)5-11(10(16)4)12-7-17-13(14)15-12/h5,7-8H,6H2,1-4H3,(H2,14,15). The number of thiazole rings is 1. The van der Waals surface area contributed by atoms with Crippen LogP contribution in [0.5, 0.6) is 0 Å². The van der Waals surface area contributed by atoms with Crippen LogP contribution >= 0.6 is 11.3 Å². The van der Waals surface area contributed by atoms with Gasteiger partial charge in [-0.1, -0.05) is 13.8 Å². The maximum atomic E-state index is 5.69. The maximum Gasteiger partial charge on any atom is 0.180 e. The third-order valence-electron chi connectivity index (χ3n) is 2.92. The highest BCUT2D eigenvalue weighted by Gasteiger charge is 2.13. The van der Waals surface area contributed by atoms with E-state index in [0.29, 0.717) is 11.0 Å². The molecule has 0 saturated heterocycles. The van der Waals surface area contributed by atoms with Crippen LogP contribution in [0.4, 0.5) is 5.13 Å². The molecular formula is C13H19N3S. The smallest absolute Gasteiger partial charge is 0.180 e. The highest BCUT2D eigenvalue weighted by atomic mass is 32.1. The highest BCUT2D eigenvalue weighted by molar-refractivity contribution is 7.13. The minimum absolute atomic E-state index is 0.633. The number of aryl methyl sites for hydroxylation is 1. The molecule has 92 valence electrons. The molecule has 0 saturated carbocycles. The summed E-state index contributed by atoms with van der Waals surface area (Å²) in [6.45, 7) is 9.82. The largest absolute Gasteiger partial charge is 0.375 e. The number of hydrogen-bond donors (Lipinski definition) is 1. The van der Waals surface area contributed by atoms with Crippen LogP contribution in [0.2, 0.25) is 0 Å². The summed E-state index contributed by atoms with van der Waals surface area (Å²) < 4.78 is 2.36. The molecule has 0 radical (unpaired) electrons. The molecule has 2 aromatic heterocycles. The first-order chi connectivity index (χ1) is 7.99. The first-order valence-electron chi connectivity index (χ1n) is 5.87. The number of nitrogens with two attached hydrogens (primary N) is 1. The number of rotatable bonds is 3. The van der Waals surface area contributed by atoms with Crippen LogP contribution in [0.25, 0.3) is 11.3 Å². The molecule has 3 nitrogen and oxygen atoms in total. The zero-order chi connectivity index (χ0) is 12.6. The van der Waals surface area contributed by atoms with Gasteiger partial charge in [-0.2, -0.15) is 0 Å². The van der Waals surface area contributed by atoms with Crippen LogP contribution in [0.15, 0.2) is 11.4 Å². The van der Waals surface area contributed by atoms with Gasteiger partial charge in [0.15, 0.2) is 5.13 Å². The molecule has 0 unspecified atom stereocenters.